The van der Waals surface area contributed by atoms with E-state index in [0.717, 1.165) is 13.0 Å². The van der Waals surface area contributed by atoms with Crippen molar-refractivity contribution in [2.24, 2.45) is 5.84 Å². The van der Waals surface area contributed by atoms with Crippen LogP contribution < -0.4 is 11.3 Å². The highest BCUT2D eigenvalue weighted by atomic mass is 32.2. The summed E-state index contributed by atoms with van der Waals surface area (Å²) in [4.78, 5) is 9.75. The van der Waals surface area contributed by atoms with E-state index in [1.54, 1.807) is 0 Å². The van der Waals surface area contributed by atoms with Crippen LogP contribution in [0.1, 0.15) is 13.3 Å². The number of hydrogen-bond donors (Lipinski definition) is 2. The molecule has 0 saturated carbocycles. The van der Waals surface area contributed by atoms with Crippen molar-refractivity contribution >= 4 is 16.0 Å². The first kappa shape index (κ1) is 16.8. The standard InChI is InChI=1S/C11H22N6O2S/c1-4-17(7-5-6-16(2)3)20(18,19)10-8-13-11(15-12)14-9-10/h8-9H,4-7,12H2,1-3H3,(H,13,14,15). The van der Waals surface area contributed by atoms with Gasteiger partial charge in [-0.1, -0.05) is 6.92 Å². The lowest BCUT2D eigenvalue weighted by Gasteiger charge is -2.21. The highest BCUT2D eigenvalue weighted by Gasteiger charge is 2.23. The lowest BCUT2D eigenvalue weighted by atomic mass is 10.4. The van der Waals surface area contributed by atoms with Gasteiger partial charge < -0.3 is 4.90 Å². The van der Waals surface area contributed by atoms with E-state index in [1.807, 2.05) is 25.9 Å². The van der Waals surface area contributed by atoms with Crippen molar-refractivity contribution in [1.82, 2.24) is 19.2 Å². The van der Waals surface area contributed by atoms with Crippen LogP contribution in [0.5, 0.6) is 0 Å². The zero-order valence-electron chi connectivity index (χ0n) is 12.1. The molecule has 0 bridgehead atoms. The fourth-order valence-corrected chi connectivity index (χ4v) is 3.06. The second kappa shape index (κ2) is 7.48. The average molecular weight is 302 g/mol. The molecule has 0 amide bonds. The van der Waals surface area contributed by atoms with Crippen molar-refractivity contribution in [2.75, 3.05) is 39.2 Å². The van der Waals surface area contributed by atoms with Crippen LogP contribution in [0.2, 0.25) is 0 Å². The van der Waals surface area contributed by atoms with Gasteiger partial charge in [0, 0.05) is 13.1 Å². The summed E-state index contributed by atoms with van der Waals surface area (Å²) in [6.07, 6.45) is 3.28. The molecule has 8 nitrogen and oxygen atoms in total. The first-order chi connectivity index (χ1) is 9.41. The molecule has 0 aliphatic heterocycles. The van der Waals surface area contributed by atoms with Gasteiger partial charge in [-0.3, -0.25) is 5.43 Å². The second-order valence-electron chi connectivity index (χ2n) is 4.54. The van der Waals surface area contributed by atoms with E-state index in [-0.39, 0.29) is 10.8 Å². The normalized spacial score (nSPS) is 12.1. The van der Waals surface area contributed by atoms with Gasteiger partial charge in [0.2, 0.25) is 16.0 Å². The quantitative estimate of drug-likeness (QED) is 0.503. The van der Waals surface area contributed by atoms with Crippen molar-refractivity contribution in [1.29, 1.82) is 0 Å². The second-order valence-corrected chi connectivity index (χ2v) is 6.48. The van der Waals surface area contributed by atoms with Gasteiger partial charge in [-0.15, -0.1) is 0 Å². The molecular weight excluding hydrogens is 280 g/mol. The van der Waals surface area contributed by atoms with E-state index in [9.17, 15) is 8.42 Å². The molecule has 0 aromatic carbocycles. The van der Waals surface area contributed by atoms with E-state index >= 15 is 0 Å². The third-order valence-electron chi connectivity index (χ3n) is 2.76. The summed E-state index contributed by atoms with van der Waals surface area (Å²) in [6.45, 7) is 3.52. The first-order valence-electron chi connectivity index (χ1n) is 6.35. The molecule has 0 aliphatic carbocycles. The fourth-order valence-electron chi connectivity index (χ4n) is 1.68. The third-order valence-corrected chi connectivity index (χ3v) is 4.69. The van der Waals surface area contributed by atoms with Crippen LogP contribution in [0.3, 0.4) is 0 Å². The maximum absolute atomic E-state index is 12.4. The Bertz CT molecular complexity index is 502. The van der Waals surface area contributed by atoms with Crippen molar-refractivity contribution in [3.63, 3.8) is 0 Å². The molecule has 1 heterocycles. The molecule has 0 aliphatic rings. The van der Waals surface area contributed by atoms with Crippen molar-refractivity contribution in [2.45, 2.75) is 18.2 Å². The molecule has 0 fully saturated rings. The van der Waals surface area contributed by atoms with Gasteiger partial charge in [0.25, 0.3) is 0 Å². The van der Waals surface area contributed by atoms with Crippen molar-refractivity contribution < 1.29 is 8.42 Å². The minimum absolute atomic E-state index is 0.0724. The predicted molar refractivity (Wildman–Crippen MR) is 77.4 cm³/mol. The maximum atomic E-state index is 12.4. The van der Waals surface area contributed by atoms with Gasteiger partial charge in [0.05, 0.1) is 12.4 Å². The number of nitrogens with two attached hydrogens (primary N) is 1. The summed E-state index contributed by atoms with van der Waals surface area (Å²) in [5.41, 5.74) is 2.26. The summed E-state index contributed by atoms with van der Waals surface area (Å²) < 4.78 is 26.3. The summed E-state index contributed by atoms with van der Waals surface area (Å²) in [5, 5.41) is 0. The predicted octanol–water partition coefficient (Wildman–Crippen LogP) is -0.275. The Morgan fingerprint density at radius 3 is 2.30 bits per heavy atom. The molecule has 1 aromatic heterocycles. The third kappa shape index (κ3) is 4.37. The Balaban J connectivity index is 2.82. The van der Waals surface area contributed by atoms with Gasteiger partial charge in [-0.2, -0.15) is 4.31 Å². The first-order valence-corrected chi connectivity index (χ1v) is 7.79. The summed E-state index contributed by atoms with van der Waals surface area (Å²) in [6, 6.07) is 0. The number of hydrogen-bond acceptors (Lipinski definition) is 7. The van der Waals surface area contributed by atoms with Crippen LogP contribution in [0.4, 0.5) is 5.95 Å². The minimum atomic E-state index is -3.55. The summed E-state index contributed by atoms with van der Waals surface area (Å²) >= 11 is 0. The highest BCUT2D eigenvalue weighted by molar-refractivity contribution is 7.89. The van der Waals surface area contributed by atoms with Gasteiger partial charge in [-0.25, -0.2) is 24.2 Å². The Labute approximate surface area is 120 Å². The molecular formula is C11H22N6O2S. The number of anilines is 1. The Morgan fingerprint density at radius 2 is 1.85 bits per heavy atom. The van der Waals surface area contributed by atoms with Crippen molar-refractivity contribution in [3.8, 4) is 0 Å². The van der Waals surface area contributed by atoms with Crippen LogP contribution in [0.15, 0.2) is 17.3 Å². The van der Waals surface area contributed by atoms with Crippen molar-refractivity contribution in [3.05, 3.63) is 12.4 Å². The zero-order chi connectivity index (χ0) is 15.2. The number of sulfonamides is 1. The number of nitrogen functional groups attached to an aromatic ring is 1. The molecule has 20 heavy (non-hydrogen) atoms. The van der Waals surface area contributed by atoms with E-state index in [1.165, 1.54) is 16.7 Å². The Morgan fingerprint density at radius 1 is 1.25 bits per heavy atom. The average Bonchev–Trinajstić information content (AvgIpc) is 2.43. The molecule has 1 rings (SSSR count). The monoisotopic (exact) mass is 302 g/mol. The fraction of sp³-hybridized carbons (Fsp3) is 0.636. The number of aromatic nitrogens is 2. The smallest absolute Gasteiger partial charge is 0.246 e. The van der Waals surface area contributed by atoms with E-state index < -0.39 is 10.0 Å². The number of hydrazine groups is 1. The van der Waals surface area contributed by atoms with Gasteiger partial charge in [0.1, 0.15) is 4.90 Å². The molecule has 0 unspecified atom stereocenters. The van der Waals surface area contributed by atoms with Gasteiger partial charge in [-0.05, 0) is 27.1 Å². The summed E-state index contributed by atoms with van der Waals surface area (Å²) in [5.74, 6) is 5.33. The van der Waals surface area contributed by atoms with Crippen LogP contribution in [0, 0.1) is 0 Å². The van der Waals surface area contributed by atoms with E-state index in [2.05, 4.69) is 15.4 Å². The molecule has 0 saturated heterocycles. The lowest BCUT2D eigenvalue weighted by molar-refractivity contribution is 0.356. The van der Waals surface area contributed by atoms with Crippen LogP contribution in [-0.2, 0) is 10.0 Å². The van der Waals surface area contributed by atoms with E-state index in [4.69, 9.17) is 5.84 Å². The lowest BCUT2D eigenvalue weighted by Crippen LogP contribution is -2.33. The Kier molecular flexibility index (Phi) is 6.27. The number of rotatable bonds is 8. The van der Waals surface area contributed by atoms with E-state index in [0.29, 0.717) is 13.1 Å². The molecule has 1 aromatic rings. The zero-order valence-corrected chi connectivity index (χ0v) is 12.9. The summed E-state index contributed by atoms with van der Waals surface area (Å²) in [7, 11) is 0.358. The maximum Gasteiger partial charge on any atom is 0.246 e. The van der Waals surface area contributed by atoms with Crippen LogP contribution in [-0.4, -0.2) is 61.3 Å². The molecule has 114 valence electrons. The minimum Gasteiger partial charge on any atom is -0.309 e. The van der Waals surface area contributed by atoms with Crippen LogP contribution in [0.25, 0.3) is 0 Å². The number of nitrogens with zero attached hydrogens (tertiary/aromatic N) is 4. The SMILES string of the molecule is CCN(CCCN(C)C)S(=O)(=O)c1cnc(NN)nc1. The molecule has 0 atom stereocenters. The molecule has 0 radical (unpaired) electrons. The molecule has 9 heteroatoms. The largest absolute Gasteiger partial charge is 0.309 e. The number of nitrogens with one attached hydrogen (secondary N) is 1. The molecule has 0 spiro atoms. The highest BCUT2D eigenvalue weighted by Crippen LogP contribution is 2.14. The topological polar surface area (TPSA) is 104 Å². The Hall–Kier alpha value is -1.29. The molecule has 3 N–H and O–H groups in total. The van der Waals surface area contributed by atoms with Crippen LogP contribution >= 0.6 is 0 Å². The van der Waals surface area contributed by atoms with Gasteiger partial charge in [0.15, 0.2) is 0 Å². The van der Waals surface area contributed by atoms with Gasteiger partial charge >= 0.3 is 0 Å².